The molecular formula is C26H35NO3. The van der Waals surface area contributed by atoms with Crippen LogP contribution in [-0.4, -0.2) is 36.3 Å². The highest BCUT2D eigenvalue weighted by molar-refractivity contribution is 5.84. The van der Waals surface area contributed by atoms with E-state index in [9.17, 15) is 4.79 Å². The summed E-state index contributed by atoms with van der Waals surface area (Å²) in [6, 6.07) is 13.4. The molecule has 1 saturated heterocycles. The molecule has 1 saturated carbocycles. The molecule has 4 nitrogen and oxygen atoms in total. The van der Waals surface area contributed by atoms with Gasteiger partial charge in [-0.15, -0.1) is 0 Å². The fourth-order valence-corrected chi connectivity index (χ4v) is 4.96. The van der Waals surface area contributed by atoms with Gasteiger partial charge in [0.2, 0.25) is 0 Å². The lowest BCUT2D eigenvalue weighted by Gasteiger charge is -2.35. The highest BCUT2D eigenvalue weighted by Crippen LogP contribution is 2.28. The number of nitrogens with zero attached hydrogens (tertiary/aromatic N) is 1. The van der Waals surface area contributed by atoms with Gasteiger partial charge in [0.05, 0.1) is 12.7 Å². The number of piperidine rings is 1. The maximum atomic E-state index is 12.3. The Morgan fingerprint density at radius 1 is 0.933 bits per heavy atom. The van der Waals surface area contributed by atoms with E-state index in [0.29, 0.717) is 12.7 Å². The topological polar surface area (TPSA) is 38.8 Å². The number of hydrogen-bond acceptors (Lipinski definition) is 3. The minimum absolute atomic E-state index is 0.164. The normalized spacial score (nSPS) is 20.7. The molecule has 2 aromatic carbocycles. The predicted octanol–water partition coefficient (Wildman–Crippen LogP) is 6.49. The lowest BCUT2D eigenvalue weighted by Crippen LogP contribution is -2.45. The third kappa shape index (κ3) is 5.27. The number of amides is 1. The molecule has 1 aliphatic heterocycles. The number of hydrogen-bond donors (Lipinski definition) is 0. The maximum Gasteiger partial charge on any atom is 0.410 e. The Morgan fingerprint density at radius 2 is 1.67 bits per heavy atom. The Hall–Kier alpha value is -2.23. The summed E-state index contributed by atoms with van der Waals surface area (Å²) in [6.07, 6.45) is 12.0. The van der Waals surface area contributed by atoms with Crippen molar-refractivity contribution >= 4 is 16.9 Å². The van der Waals surface area contributed by atoms with Crippen molar-refractivity contribution < 1.29 is 14.3 Å². The van der Waals surface area contributed by atoms with Crippen LogP contribution >= 0.6 is 0 Å². The first-order chi connectivity index (χ1) is 14.7. The summed E-state index contributed by atoms with van der Waals surface area (Å²) in [4.78, 5) is 14.3. The molecule has 1 atom stereocenters. The number of carbonyl (C=O) groups excluding carboxylic acids is 1. The number of likely N-dealkylation sites (tertiary alicyclic amines) is 1. The molecule has 2 aromatic rings. The number of carbonyl (C=O) groups is 1. The molecule has 0 bridgehead atoms. The van der Waals surface area contributed by atoms with Crippen molar-refractivity contribution in [2.45, 2.75) is 83.3 Å². The lowest BCUT2D eigenvalue weighted by atomic mass is 9.94. The molecule has 1 unspecified atom stereocenters. The molecule has 30 heavy (non-hydrogen) atoms. The van der Waals surface area contributed by atoms with Crippen LogP contribution < -0.4 is 4.74 Å². The van der Waals surface area contributed by atoms with Gasteiger partial charge >= 0.3 is 6.09 Å². The van der Waals surface area contributed by atoms with Crippen LogP contribution in [0, 0.1) is 0 Å². The number of ether oxygens (including phenoxy) is 2. The van der Waals surface area contributed by atoms with Crippen LogP contribution in [0.4, 0.5) is 4.79 Å². The van der Waals surface area contributed by atoms with Crippen LogP contribution in [-0.2, 0) is 11.2 Å². The summed E-state index contributed by atoms with van der Waals surface area (Å²) in [5.41, 5.74) is 1.28. The number of benzene rings is 2. The van der Waals surface area contributed by atoms with Crippen molar-refractivity contribution in [2.75, 3.05) is 13.2 Å². The van der Waals surface area contributed by atoms with Crippen molar-refractivity contribution in [3.8, 4) is 5.75 Å². The van der Waals surface area contributed by atoms with Gasteiger partial charge in [-0.1, -0.05) is 37.1 Å². The van der Waals surface area contributed by atoms with Gasteiger partial charge in [0.25, 0.3) is 0 Å². The standard InChI is InChI=1S/C26H35NO3/c1-2-29-26(28)27-16-8-7-9-23(27)18-20-12-13-22-19-25(15-14-21(22)17-20)30-24-10-5-3-4-6-11-24/h12-15,17,19,23-24H,2-11,16,18H2,1H3. The van der Waals surface area contributed by atoms with Crippen LogP contribution in [0.5, 0.6) is 5.75 Å². The minimum atomic E-state index is -0.164. The van der Waals surface area contributed by atoms with Crippen molar-refractivity contribution in [2.24, 2.45) is 0 Å². The lowest BCUT2D eigenvalue weighted by molar-refractivity contribution is 0.0768. The zero-order valence-electron chi connectivity index (χ0n) is 18.3. The predicted molar refractivity (Wildman–Crippen MR) is 121 cm³/mol. The van der Waals surface area contributed by atoms with Crippen LogP contribution in [0.25, 0.3) is 10.8 Å². The largest absolute Gasteiger partial charge is 0.490 e. The fourth-order valence-electron chi connectivity index (χ4n) is 4.96. The zero-order chi connectivity index (χ0) is 20.8. The zero-order valence-corrected chi connectivity index (χ0v) is 18.3. The molecule has 4 heteroatoms. The molecule has 2 aliphatic rings. The van der Waals surface area contributed by atoms with E-state index in [1.54, 1.807) is 0 Å². The quantitative estimate of drug-likeness (QED) is 0.529. The van der Waals surface area contributed by atoms with Crippen LogP contribution in [0.15, 0.2) is 36.4 Å². The smallest absolute Gasteiger partial charge is 0.410 e. The number of fused-ring (bicyclic) bond motifs is 1. The van der Waals surface area contributed by atoms with Crippen molar-refractivity contribution in [3.63, 3.8) is 0 Å². The van der Waals surface area contributed by atoms with Crippen LogP contribution in [0.1, 0.15) is 70.3 Å². The molecule has 1 aliphatic carbocycles. The van der Waals surface area contributed by atoms with E-state index in [2.05, 4.69) is 36.4 Å². The molecule has 0 spiro atoms. The molecule has 0 aromatic heterocycles. The Bertz CT molecular complexity index is 841. The molecule has 0 radical (unpaired) electrons. The van der Waals surface area contributed by atoms with E-state index in [4.69, 9.17) is 9.47 Å². The van der Waals surface area contributed by atoms with E-state index in [1.165, 1.54) is 61.3 Å². The Morgan fingerprint density at radius 3 is 2.47 bits per heavy atom. The average Bonchev–Trinajstić information content (AvgIpc) is 3.03. The summed E-state index contributed by atoms with van der Waals surface area (Å²) >= 11 is 0. The van der Waals surface area contributed by atoms with E-state index in [0.717, 1.165) is 31.6 Å². The summed E-state index contributed by atoms with van der Waals surface area (Å²) in [5, 5.41) is 2.45. The number of rotatable bonds is 5. The van der Waals surface area contributed by atoms with E-state index < -0.39 is 0 Å². The van der Waals surface area contributed by atoms with Crippen molar-refractivity contribution in [3.05, 3.63) is 42.0 Å². The van der Waals surface area contributed by atoms with Crippen LogP contribution in [0.2, 0.25) is 0 Å². The van der Waals surface area contributed by atoms with Gasteiger partial charge in [-0.3, -0.25) is 0 Å². The second kappa shape index (κ2) is 10.2. The second-order valence-electron chi connectivity index (χ2n) is 8.82. The van der Waals surface area contributed by atoms with E-state index in [-0.39, 0.29) is 12.1 Å². The molecule has 162 valence electrons. The summed E-state index contributed by atoms with van der Waals surface area (Å²) in [5.74, 6) is 0.989. The van der Waals surface area contributed by atoms with Crippen molar-refractivity contribution in [1.82, 2.24) is 4.90 Å². The Labute approximate surface area is 180 Å². The molecule has 4 rings (SSSR count). The summed E-state index contributed by atoms with van der Waals surface area (Å²) < 4.78 is 11.6. The van der Waals surface area contributed by atoms with Gasteiger partial charge in [0.15, 0.2) is 0 Å². The first-order valence-corrected chi connectivity index (χ1v) is 11.9. The highest BCUT2D eigenvalue weighted by Gasteiger charge is 2.27. The summed E-state index contributed by atoms with van der Waals surface area (Å²) in [6.45, 7) is 3.11. The molecule has 2 fully saturated rings. The van der Waals surface area contributed by atoms with E-state index >= 15 is 0 Å². The van der Waals surface area contributed by atoms with Gasteiger partial charge in [0.1, 0.15) is 5.75 Å². The second-order valence-corrected chi connectivity index (χ2v) is 8.82. The Balaban J connectivity index is 1.44. The molecule has 1 amide bonds. The maximum absolute atomic E-state index is 12.3. The summed E-state index contributed by atoms with van der Waals surface area (Å²) in [7, 11) is 0. The monoisotopic (exact) mass is 409 g/mol. The molecular weight excluding hydrogens is 374 g/mol. The fraction of sp³-hybridized carbons (Fsp3) is 0.577. The molecule has 0 N–H and O–H groups in total. The third-order valence-corrected chi connectivity index (χ3v) is 6.58. The highest BCUT2D eigenvalue weighted by atomic mass is 16.6. The van der Waals surface area contributed by atoms with Gasteiger partial charge in [-0.05, 0) is 86.8 Å². The van der Waals surface area contributed by atoms with Gasteiger partial charge in [0, 0.05) is 12.6 Å². The van der Waals surface area contributed by atoms with Crippen molar-refractivity contribution in [1.29, 1.82) is 0 Å². The van der Waals surface area contributed by atoms with Gasteiger partial charge in [-0.2, -0.15) is 0 Å². The first kappa shape index (κ1) is 21.0. The van der Waals surface area contributed by atoms with Gasteiger partial charge in [-0.25, -0.2) is 4.79 Å². The average molecular weight is 410 g/mol. The SMILES string of the molecule is CCOC(=O)N1CCCCC1Cc1ccc2cc(OC3CCCCCC3)ccc2c1. The first-order valence-electron chi connectivity index (χ1n) is 11.9. The van der Waals surface area contributed by atoms with Gasteiger partial charge < -0.3 is 14.4 Å². The Kier molecular flexibility index (Phi) is 7.14. The minimum Gasteiger partial charge on any atom is -0.490 e. The third-order valence-electron chi connectivity index (χ3n) is 6.58. The van der Waals surface area contributed by atoms with Crippen LogP contribution in [0.3, 0.4) is 0 Å². The molecule has 1 heterocycles. The van der Waals surface area contributed by atoms with E-state index in [1.807, 2.05) is 11.8 Å².